The molecule has 0 unspecified atom stereocenters. The summed E-state index contributed by atoms with van der Waals surface area (Å²) in [6, 6.07) is -0.390. The predicted molar refractivity (Wildman–Crippen MR) is 68.4 cm³/mol. The second kappa shape index (κ2) is 5.81. The van der Waals surface area contributed by atoms with Gasteiger partial charge >= 0.3 is 12.0 Å². The Bertz CT molecular complexity index is 412. The summed E-state index contributed by atoms with van der Waals surface area (Å²) in [5, 5.41) is 11.5. The van der Waals surface area contributed by atoms with Crippen molar-refractivity contribution in [1.29, 1.82) is 0 Å². The van der Waals surface area contributed by atoms with Crippen molar-refractivity contribution in [3.8, 4) is 0 Å². The second-order valence-corrected chi connectivity index (χ2v) is 5.75. The van der Waals surface area contributed by atoms with E-state index in [2.05, 4.69) is 10.3 Å². The maximum atomic E-state index is 12.0. The van der Waals surface area contributed by atoms with Crippen molar-refractivity contribution in [2.24, 2.45) is 0 Å². The van der Waals surface area contributed by atoms with Gasteiger partial charge in [-0.25, -0.2) is 4.79 Å². The number of rotatable bonds is 4. The Morgan fingerprint density at radius 1 is 1.50 bits per heavy atom. The van der Waals surface area contributed by atoms with Crippen molar-refractivity contribution in [2.45, 2.75) is 32.9 Å². The SMILES string of the molecule is CC(C)(C)N(CC(=O)O)C(=O)NCc1cncs1. The summed E-state index contributed by atoms with van der Waals surface area (Å²) in [4.78, 5) is 28.8. The molecule has 100 valence electrons. The van der Waals surface area contributed by atoms with Gasteiger partial charge in [0.05, 0.1) is 12.1 Å². The highest BCUT2D eigenvalue weighted by Crippen LogP contribution is 2.13. The van der Waals surface area contributed by atoms with E-state index in [4.69, 9.17) is 5.11 Å². The van der Waals surface area contributed by atoms with Crippen LogP contribution in [0.5, 0.6) is 0 Å². The summed E-state index contributed by atoms with van der Waals surface area (Å²) >= 11 is 1.44. The summed E-state index contributed by atoms with van der Waals surface area (Å²) in [6.07, 6.45) is 1.67. The first-order valence-corrected chi connectivity index (χ1v) is 6.33. The van der Waals surface area contributed by atoms with Crippen LogP contribution in [0.25, 0.3) is 0 Å². The van der Waals surface area contributed by atoms with Gasteiger partial charge in [0.25, 0.3) is 0 Å². The first-order chi connectivity index (χ1) is 8.30. The number of amides is 2. The summed E-state index contributed by atoms with van der Waals surface area (Å²) in [5.41, 5.74) is 1.14. The highest BCUT2D eigenvalue weighted by atomic mass is 32.1. The van der Waals surface area contributed by atoms with Crippen molar-refractivity contribution in [3.05, 3.63) is 16.6 Å². The zero-order chi connectivity index (χ0) is 13.8. The van der Waals surface area contributed by atoms with E-state index < -0.39 is 17.5 Å². The number of aromatic nitrogens is 1. The molecule has 7 heteroatoms. The first-order valence-electron chi connectivity index (χ1n) is 5.45. The molecule has 0 saturated heterocycles. The number of carboxylic acids is 1. The Kier molecular flexibility index (Phi) is 4.66. The normalized spacial score (nSPS) is 11.1. The molecule has 0 aliphatic rings. The molecule has 1 aromatic heterocycles. The predicted octanol–water partition coefficient (Wildman–Crippen LogP) is 1.54. The monoisotopic (exact) mass is 271 g/mol. The lowest BCUT2D eigenvalue weighted by atomic mass is 10.1. The zero-order valence-corrected chi connectivity index (χ0v) is 11.5. The van der Waals surface area contributed by atoms with Crippen LogP contribution in [-0.4, -0.2) is 39.1 Å². The van der Waals surface area contributed by atoms with Crippen molar-refractivity contribution in [3.63, 3.8) is 0 Å². The fourth-order valence-corrected chi connectivity index (χ4v) is 1.87. The Morgan fingerprint density at radius 3 is 2.61 bits per heavy atom. The fraction of sp³-hybridized carbons (Fsp3) is 0.545. The lowest BCUT2D eigenvalue weighted by Crippen LogP contribution is -2.52. The van der Waals surface area contributed by atoms with Gasteiger partial charge in [-0.05, 0) is 20.8 Å². The third-order valence-electron chi connectivity index (χ3n) is 2.25. The largest absolute Gasteiger partial charge is 0.480 e. The molecule has 0 aromatic carbocycles. The molecule has 1 rings (SSSR count). The average molecular weight is 271 g/mol. The summed E-state index contributed by atoms with van der Waals surface area (Å²) in [6.45, 7) is 5.42. The van der Waals surface area contributed by atoms with Gasteiger partial charge in [-0.15, -0.1) is 11.3 Å². The van der Waals surface area contributed by atoms with Gasteiger partial charge in [0.15, 0.2) is 0 Å². The number of hydrogen-bond donors (Lipinski definition) is 2. The van der Waals surface area contributed by atoms with E-state index >= 15 is 0 Å². The number of carbonyl (C=O) groups is 2. The number of hydrogen-bond acceptors (Lipinski definition) is 4. The molecule has 0 aliphatic heterocycles. The van der Waals surface area contributed by atoms with E-state index in [1.54, 1.807) is 32.5 Å². The lowest BCUT2D eigenvalue weighted by Gasteiger charge is -2.34. The van der Waals surface area contributed by atoms with Gasteiger partial charge < -0.3 is 15.3 Å². The topological polar surface area (TPSA) is 82.5 Å². The van der Waals surface area contributed by atoms with Crippen molar-refractivity contribution in [1.82, 2.24) is 15.2 Å². The Labute approximate surface area is 110 Å². The molecule has 1 aromatic rings. The number of urea groups is 1. The minimum atomic E-state index is -1.03. The van der Waals surface area contributed by atoms with Crippen LogP contribution in [-0.2, 0) is 11.3 Å². The number of carbonyl (C=O) groups excluding carboxylic acids is 1. The average Bonchev–Trinajstić information content (AvgIpc) is 2.73. The summed E-state index contributed by atoms with van der Waals surface area (Å²) < 4.78 is 0. The van der Waals surface area contributed by atoms with Crippen LogP contribution < -0.4 is 5.32 Å². The third kappa shape index (κ3) is 4.33. The molecule has 18 heavy (non-hydrogen) atoms. The molecule has 1 heterocycles. The van der Waals surface area contributed by atoms with Gasteiger partial charge in [0, 0.05) is 16.6 Å². The summed E-state index contributed by atoms with van der Waals surface area (Å²) in [7, 11) is 0. The maximum absolute atomic E-state index is 12.0. The van der Waals surface area contributed by atoms with Crippen molar-refractivity contribution < 1.29 is 14.7 Å². The number of carboxylic acid groups (broad SMARTS) is 1. The van der Waals surface area contributed by atoms with Crippen molar-refractivity contribution >= 4 is 23.3 Å². The van der Waals surface area contributed by atoms with Crippen LogP contribution in [0.2, 0.25) is 0 Å². The Hall–Kier alpha value is -1.63. The van der Waals surface area contributed by atoms with E-state index in [1.165, 1.54) is 16.2 Å². The Morgan fingerprint density at radius 2 is 2.17 bits per heavy atom. The second-order valence-electron chi connectivity index (χ2n) is 4.78. The van der Waals surface area contributed by atoms with Gasteiger partial charge in [-0.3, -0.25) is 9.78 Å². The van der Waals surface area contributed by atoms with Gasteiger partial charge in [-0.1, -0.05) is 0 Å². The minimum Gasteiger partial charge on any atom is -0.480 e. The van der Waals surface area contributed by atoms with Crippen LogP contribution in [0.1, 0.15) is 25.6 Å². The molecule has 0 bridgehead atoms. The molecule has 0 atom stereocenters. The number of nitrogens with zero attached hydrogens (tertiary/aromatic N) is 2. The molecule has 6 nitrogen and oxygen atoms in total. The highest BCUT2D eigenvalue weighted by Gasteiger charge is 2.28. The van der Waals surface area contributed by atoms with E-state index in [9.17, 15) is 9.59 Å². The molecule has 0 radical (unpaired) electrons. The van der Waals surface area contributed by atoms with Gasteiger partial charge in [-0.2, -0.15) is 0 Å². The van der Waals surface area contributed by atoms with Crippen LogP contribution in [0.4, 0.5) is 4.79 Å². The lowest BCUT2D eigenvalue weighted by molar-refractivity contribution is -0.138. The molecule has 2 N–H and O–H groups in total. The quantitative estimate of drug-likeness (QED) is 0.870. The van der Waals surface area contributed by atoms with E-state index in [0.717, 1.165) is 4.88 Å². The summed E-state index contributed by atoms with van der Waals surface area (Å²) in [5.74, 6) is -1.03. The minimum absolute atomic E-state index is 0.321. The molecular weight excluding hydrogens is 254 g/mol. The fourth-order valence-electron chi connectivity index (χ4n) is 1.34. The van der Waals surface area contributed by atoms with Crippen LogP contribution in [0, 0.1) is 0 Å². The van der Waals surface area contributed by atoms with Gasteiger partial charge in [0.2, 0.25) is 0 Å². The molecule has 0 fully saturated rings. The van der Waals surface area contributed by atoms with Gasteiger partial charge in [0.1, 0.15) is 6.54 Å². The third-order valence-corrected chi connectivity index (χ3v) is 3.03. The number of thiazole rings is 1. The van der Waals surface area contributed by atoms with E-state index in [0.29, 0.717) is 6.54 Å². The molecule has 0 aliphatic carbocycles. The van der Waals surface area contributed by atoms with E-state index in [1.807, 2.05) is 0 Å². The smallest absolute Gasteiger partial charge is 0.323 e. The van der Waals surface area contributed by atoms with Crippen molar-refractivity contribution in [2.75, 3.05) is 6.54 Å². The first kappa shape index (κ1) is 14.4. The molecule has 0 saturated carbocycles. The van der Waals surface area contributed by atoms with Crippen LogP contribution in [0.3, 0.4) is 0 Å². The van der Waals surface area contributed by atoms with Crippen LogP contribution >= 0.6 is 11.3 Å². The maximum Gasteiger partial charge on any atom is 0.323 e. The van der Waals surface area contributed by atoms with Crippen LogP contribution in [0.15, 0.2) is 11.7 Å². The molecular formula is C11H17N3O3S. The number of aliphatic carboxylic acids is 1. The zero-order valence-electron chi connectivity index (χ0n) is 10.6. The standard InChI is InChI=1S/C11H17N3O3S/c1-11(2,3)14(6-9(15)16)10(17)13-5-8-4-12-7-18-8/h4,7H,5-6H2,1-3H3,(H,13,17)(H,15,16). The molecule has 2 amide bonds. The highest BCUT2D eigenvalue weighted by molar-refractivity contribution is 7.09. The molecule has 0 spiro atoms. The van der Waals surface area contributed by atoms with E-state index in [-0.39, 0.29) is 6.54 Å². The number of nitrogens with one attached hydrogen (secondary N) is 1. The Balaban J connectivity index is 2.62.